The van der Waals surface area contributed by atoms with Crippen LogP contribution in [-0.4, -0.2) is 18.6 Å². The standard InChI is InChI=1S/C16H22N2/c1-3-11-6-4-8-13-14-9-5-7-12(10-17-2)16(14)18-15(11)13/h4,6,8,12,17-18H,3,5,7,9-10H2,1-2H3. The van der Waals surface area contributed by atoms with Gasteiger partial charge in [0.15, 0.2) is 0 Å². The van der Waals surface area contributed by atoms with E-state index in [1.54, 1.807) is 5.56 Å². The van der Waals surface area contributed by atoms with Crippen LogP contribution in [0.3, 0.4) is 0 Å². The van der Waals surface area contributed by atoms with E-state index in [2.05, 4.69) is 42.5 Å². The Kier molecular flexibility index (Phi) is 3.13. The molecule has 0 bridgehead atoms. The lowest BCUT2D eigenvalue weighted by Crippen LogP contribution is -2.21. The van der Waals surface area contributed by atoms with E-state index >= 15 is 0 Å². The SMILES string of the molecule is CCc1cccc2c3c([nH]c12)C(CNC)CCC3. The Morgan fingerprint density at radius 2 is 2.28 bits per heavy atom. The average Bonchev–Trinajstić information content (AvgIpc) is 2.79. The highest BCUT2D eigenvalue weighted by atomic mass is 14.8. The van der Waals surface area contributed by atoms with E-state index in [0.717, 1.165) is 13.0 Å². The monoisotopic (exact) mass is 242 g/mol. The Morgan fingerprint density at radius 1 is 1.39 bits per heavy atom. The minimum absolute atomic E-state index is 0.663. The molecule has 1 unspecified atom stereocenters. The Bertz CT molecular complexity index is 553. The number of benzene rings is 1. The molecular weight excluding hydrogens is 220 g/mol. The van der Waals surface area contributed by atoms with Crippen LogP contribution < -0.4 is 5.32 Å². The molecule has 0 saturated carbocycles. The predicted octanol–water partition coefficient (Wildman–Crippen LogP) is 3.37. The van der Waals surface area contributed by atoms with E-state index < -0.39 is 0 Å². The molecule has 1 aliphatic rings. The number of fused-ring (bicyclic) bond motifs is 3. The largest absolute Gasteiger partial charge is 0.358 e. The Hall–Kier alpha value is -1.28. The first-order valence-corrected chi connectivity index (χ1v) is 7.12. The highest BCUT2D eigenvalue weighted by Gasteiger charge is 2.24. The Balaban J connectivity index is 2.17. The topological polar surface area (TPSA) is 27.8 Å². The molecule has 1 atom stereocenters. The third-order valence-electron chi connectivity index (χ3n) is 4.28. The molecule has 2 nitrogen and oxygen atoms in total. The van der Waals surface area contributed by atoms with E-state index in [9.17, 15) is 0 Å². The second kappa shape index (κ2) is 4.77. The van der Waals surface area contributed by atoms with Crippen molar-refractivity contribution >= 4 is 10.9 Å². The zero-order chi connectivity index (χ0) is 12.5. The molecule has 0 saturated heterocycles. The summed E-state index contributed by atoms with van der Waals surface area (Å²) in [6.07, 6.45) is 4.97. The van der Waals surface area contributed by atoms with Gasteiger partial charge in [0.1, 0.15) is 0 Å². The molecule has 0 amide bonds. The summed E-state index contributed by atoms with van der Waals surface area (Å²) in [5.74, 6) is 0.663. The summed E-state index contributed by atoms with van der Waals surface area (Å²) >= 11 is 0. The Morgan fingerprint density at radius 3 is 3.06 bits per heavy atom. The van der Waals surface area contributed by atoms with Gasteiger partial charge in [0, 0.05) is 29.1 Å². The molecule has 1 aliphatic carbocycles. The minimum Gasteiger partial charge on any atom is -0.358 e. The fraction of sp³-hybridized carbons (Fsp3) is 0.500. The molecule has 1 heterocycles. The Labute approximate surface area is 109 Å². The average molecular weight is 242 g/mol. The van der Waals surface area contributed by atoms with Crippen LogP contribution in [0.4, 0.5) is 0 Å². The van der Waals surface area contributed by atoms with Crippen LogP contribution in [0.2, 0.25) is 0 Å². The van der Waals surface area contributed by atoms with Crippen LogP contribution in [-0.2, 0) is 12.8 Å². The zero-order valence-electron chi connectivity index (χ0n) is 11.3. The summed E-state index contributed by atoms with van der Waals surface area (Å²) in [7, 11) is 2.05. The minimum atomic E-state index is 0.663. The van der Waals surface area contributed by atoms with E-state index in [4.69, 9.17) is 0 Å². The summed E-state index contributed by atoms with van der Waals surface area (Å²) in [5, 5.41) is 4.79. The number of aromatic amines is 1. The van der Waals surface area contributed by atoms with Gasteiger partial charge in [-0.1, -0.05) is 25.1 Å². The fourth-order valence-corrected chi connectivity index (χ4v) is 3.39. The molecule has 2 heteroatoms. The van der Waals surface area contributed by atoms with Crippen molar-refractivity contribution in [1.29, 1.82) is 0 Å². The molecule has 18 heavy (non-hydrogen) atoms. The summed E-state index contributed by atoms with van der Waals surface area (Å²) in [4.78, 5) is 3.73. The van der Waals surface area contributed by atoms with Crippen molar-refractivity contribution in [3.8, 4) is 0 Å². The molecule has 2 aromatic rings. The fourth-order valence-electron chi connectivity index (χ4n) is 3.39. The van der Waals surface area contributed by atoms with Crippen molar-refractivity contribution in [1.82, 2.24) is 10.3 Å². The van der Waals surface area contributed by atoms with Crippen molar-refractivity contribution in [3.63, 3.8) is 0 Å². The summed E-state index contributed by atoms with van der Waals surface area (Å²) in [5.41, 5.74) is 5.90. The first kappa shape index (κ1) is 11.8. The van der Waals surface area contributed by atoms with Gasteiger partial charge in [0.2, 0.25) is 0 Å². The van der Waals surface area contributed by atoms with Crippen molar-refractivity contribution < 1.29 is 0 Å². The van der Waals surface area contributed by atoms with E-state index in [1.165, 1.54) is 41.4 Å². The summed E-state index contributed by atoms with van der Waals surface area (Å²) < 4.78 is 0. The summed E-state index contributed by atoms with van der Waals surface area (Å²) in [6.45, 7) is 3.32. The van der Waals surface area contributed by atoms with E-state index in [-0.39, 0.29) is 0 Å². The van der Waals surface area contributed by atoms with Crippen molar-refractivity contribution in [2.24, 2.45) is 0 Å². The molecule has 0 radical (unpaired) electrons. The third kappa shape index (κ3) is 1.76. The van der Waals surface area contributed by atoms with Crippen molar-refractivity contribution in [3.05, 3.63) is 35.0 Å². The van der Waals surface area contributed by atoms with Gasteiger partial charge in [-0.25, -0.2) is 0 Å². The normalized spacial score (nSPS) is 19.1. The quantitative estimate of drug-likeness (QED) is 0.848. The smallest absolute Gasteiger partial charge is 0.0491 e. The number of aromatic nitrogens is 1. The maximum absolute atomic E-state index is 3.73. The third-order valence-corrected chi connectivity index (χ3v) is 4.28. The van der Waals surface area contributed by atoms with Gasteiger partial charge in [-0.3, -0.25) is 0 Å². The van der Waals surface area contributed by atoms with Crippen LogP contribution in [0.5, 0.6) is 0 Å². The maximum atomic E-state index is 3.73. The number of rotatable bonds is 3. The van der Waals surface area contributed by atoms with Gasteiger partial charge < -0.3 is 10.3 Å². The molecule has 2 N–H and O–H groups in total. The first-order valence-electron chi connectivity index (χ1n) is 7.12. The molecule has 0 spiro atoms. The molecular formula is C16H22N2. The van der Waals surface area contributed by atoms with Gasteiger partial charge >= 0.3 is 0 Å². The zero-order valence-corrected chi connectivity index (χ0v) is 11.3. The van der Waals surface area contributed by atoms with Crippen molar-refractivity contribution in [2.75, 3.05) is 13.6 Å². The highest BCUT2D eigenvalue weighted by molar-refractivity contribution is 5.87. The van der Waals surface area contributed by atoms with Crippen LogP contribution in [0.1, 0.15) is 42.5 Å². The van der Waals surface area contributed by atoms with Gasteiger partial charge in [-0.15, -0.1) is 0 Å². The van der Waals surface area contributed by atoms with Gasteiger partial charge in [-0.2, -0.15) is 0 Å². The van der Waals surface area contributed by atoms with Crippen molar-refractivity contribution in [2.45, 2.75) is 38.5 Å². The molecule has 1 aromatic heterocycles. The molecule has 0 fully saturated rings. The number of H-pyrrole nitrogens is 1. The van der Waals surface area contributed by atoms with Crippen LogP contribution in [0.25, 0.3) is 10.9 Å². The van der Waals surface area contributed by atoms with Crippen LogP contribution in [0, 0.1) is 0 Å². The molecule has 3 rings (SSSR count). The second-order valence-corrected chi connectivity index (χ2v) is 5.36. The van der Waals surface area contributed by atoms with Gasteiger partial charge in [0.05, 0.1) is 0 Å². The van der Waals surface area contributed by atoms with E-state index in [0.29, 0.717) is 5.92 Å². The predicted molar refractivity (Wildman–Crippen MR) is 77.3 cm³/mol. The van der Waals surface area contributed by atoms with Gasteiger partial charge in [0.25, 0.3) is 0 Å². The van der Waals surface area contributed by atoms with E-state index in [1.807, 2.05) is 0 Å². The highest BCUT2D eigenvalue weighted by Crippen LogP contribution is 2.36. The first-order chi connectivity index (χ1) is 8.85. The molecule has 0 aliphatic heterocycles. The lowest BCUT2D eigenvalue weighted by atomic mass is 9.86. The number of likely N-dealkylation sites (N-methyl/N-ethyl adjacent to an activating group) is 1. The number of para-hydroxylation sites is 1. The maximum Gasteiger partial charge on any atom is 0.0491 e. The second-order valence-electron chi connectivity index (χ2n) is 5.36. The number of aryl methyl sites for hydroxylation is 2. The van der Waals surface area contributed by atoms with Gasteiger partial charge in [-0.05, 0) is 43.9 Å². The van der Waals surface area contributed by atoms with Crippen LogP contribution in [0.15, 0.2) is 18.2 Å². The molecule has 96 valence electrons. The lowest BCUT2D eigenvalue weighted by Gasteiger charge is -2.22. The number of nitrogens with one attached hydrogen (secondary N) is 2. The number of hydrogen-bond donors (Lipinski definition) is 2. The summed E-state index contributed by atoms with van der Waals surface area (Å²) in [6, 6.07) is 6.74. The lowest BCUT2D eigenvalue weighted by molar-refractivity contribution is 0.522. The van der Waals surface area contributed by atoms with Crippen LogP contribution >= 0.6 is 0 Å². The number of hydrogen-bond acceptors (Lipinski definition) is 1. The molecule has 1 aromatic carbocycles.